The second-order valence-corrected chi connectivity index (χ2v) is 13.1. The molecule has 0 bridgehead atoms. The number of aromatic nitrogens is 3. The highest BCUT2D eigenvalue weighted by molar-refractivity contribution is 7.26. The Morgan fingerprint density at radius 3 is 1.67 bits per heavy atom. The molecular formula is C45H27N3S. The monoisotopic (exact) mass is 646 g/mol. The zero-order valence-electron chi connectivity index (χ0n) is 31.0. The summed E-state index contributed by atoms with van der Waals surface area (Å²) in [6.45, 7) is 0. The van der Waals surface area contributed by atoms with E-state index in [0.29, 0.717) is 11.6 Å². The average Bonchev–Trinajstić information content (AvgIpc) is 3.61. The maximum Gasteiger partial charge on any atom is 0.164 e. The van der Waals surface area contributed by atoms with Crippen molar-refractivity contribution in [2.24, 2.45) is 0 Å². The van der Waals surface area contributed by atoms with E-state index in [4.69, 9.17) is 16.8 Å². The van der Waals surface area contributed by atoms with Crippen LogP contribution in [0.25, 0.3) is 97.8 Å². The van der Waals surface area contributed by atoms with Crippen LogP contribution in [0.15, 0.2) is 164 Å². The molecule has 0 radical (unpaired) electrons. The van der Waals surface area contributed by atoms with E-state index >= 15 is 0 Å². The lowest BCUT2D eigenvalue weighted by Gasteiger charge is -2.12. The highest BCUT2D eigenvalue weighted by Crippen LogP contribution is 2.42. The third kappa shape index (κ3) is 4.61. The van der Waals surface area contributed by atoms with Crippen LogP contribution in [-0.2, 0) is 0 Å². The first-order valence-corrected chi connectivity index (χ1v) is 16.9. The molecule has 2 aromatic heterocycles. The summed E-state index contributed by atoms with van der Waals surface area (Å²) >= 11 is 1.70. The fourth-order valence-electron chi connectivity index (χ4n) is 6.97. The van der Waals surface area contributed by atoms with Gasteiger partial charge in [0.1, 0.15) is 0 Å². The molecule has 10 aromatic rings. The van der Waals surface area contributed by atoms with Gasteiger partial charge in [0.15, 0.2) is 17.5 Å². The SMILES string of the molecule is [2H]c1c([2H])c([2H])c(-c2nc(-c3ccccc3)nc(-c3cccc4sc5cc(-c6ccc7c8ccccc8c8ccccc8c7c6)ccc5c34)n2)c([2H])c1[2H]. The van der Waals surface area contributed by atoms with Crippen LogP contribution in [0.5, 0.6) is 0 Å². The highest BCUT2D eigenvalue weighted by Gasteiger charge is 2.18. The molecule has 228 valence electrons. The van der Waals surface area contributed by atoms with Crippen LogP contribution in [0, 0.1) is 0 Å². The Kier molecular flexibility index (Phi) is 5.29. The van der Waals surface area contributed by atoms with Crippen LogP contribution in [0.3, 0.4) is 0 Å². The number of hydrogen-bond donors (Lipinski definition) is 0. The Hall–Kier alpha value is -6.23. The zero-order chi connectivity index (χ0) is 36.7. The van der Waals surface area contributed by atoms with E-state index < -0.39 is 18.1 Å². The molecule has 0 fully saturated rings. The van der Waals surface area contributed by atoms with Gasteiger partial charge in [-0.05, 0) is 61.6 Å². The van der Waals surface area contributed by atoms with E-state index in [2.05, 4.69) is 96.0 Å². The standard InChI is InChI=1S/C45H27N3S/c1-3-12-28(13-4-1)43-46-44(29-14-5-2-6-15-29)48-45(47-43)38-20-11-21-40-42(38)37-25-23-31(27-41(37)49-40)30-22-24-36-34-18-8-7-16-32(34)33-17-9-10-19-35(33)39(36)26-30/h1-27H/i1D,3D,4D,12D,13D. The van der Waals surface area contributed by atoms with Crippen molar-refractivity contribution in [2.75, 3.05) is 0 Å². The Balaban J connectivity index is 1.16. The first-order chi connectivity index (χ1) is 26.4. The number of benzene rings is 8. The molecule has 2 heterocycles. The van der Waals surface area contributed by atoms with Crippen LogP contribution < -0.4 is 0 Å². The highest BCUT2D eigenvalue weighted by atomic mass is 32.1. The van der Waals surface area contributed by atoms with Crippen molar-refractivity contribution < 1.29 is 6.85 Å². The molecule has 0 aliphatic rings. The smallest absolute Gasteiger partial charge is 0.164 e. The summed E-state index contributed by atoms with van der Waals surface area (Å²) in [6, 6.07) is 43.9. The lowest BCUT2D eigenvalue weighted by Crippen LogP contribution is -2.00. The van der Waals surface area contributed by atoms with Gasteiger partial charge in [0.2, 0.25) is 0 Å². The van der Waals surface area contributed by atoms with E-state index in [0.717, 1.165) is 42.4 Å². The Labute approximate surface area is 293 Å². The quantitative estimate of drug-likeness (QED) is 0.179. The normalized spacial score (nSPS) is 13.1. The Morgan fingerprint density at radius 2 is 0.959 bits per heavy atom. The van der Waals surface area contributed by atoms with Crippen molar-refractivity contribution in [3.8, 4) is 45.3 Å². The van der Waals surface area contributed by atoms with Gasteiger partial charge in [-0.3, -0.25) is 0 Å². The maximum atomic E-state index is 8.68. The van der Waals surface area contributed by atoms with E-state index in [9.17, 15) is 0 Å². The third-order valence-electron chi connectivity index (χ3n) is 9.21. The fourth-order valence-corrected chi connectivity index (χ4v) is 8.14. The summed E-state index contributed by atoms with van der Waals surface area (Å²) in [7, 11) is 0. The van der Waals surface area contributed by atoms with Gasteiger partial charge >= 0.3 is 0 Å². The lowest BCUT2D eigenvalue weighted by molar-refractivity contribution is 1.08. The van der Waals surface area contributed by atoms with Crippen LogP contribution in [0.2, 0.25) is 0 Å². The summed E-state index contributed by atoms with van der Waals surface area (Å²) in [5, 5.41) is 9.47. The maximum absolute atomic E-state index is 8.68. The summed E-state index contributed by atoms with van der Waals surface area (Å²) in [5.41, 5.74) is 3.67. The van der Waals surface area contributed by atoms with Crippen molar-refractivity contribution in [3.63, 3.8) is 0 Å². The Morgan fingerprint density at radius 1 is 0.388 bits per heavy atom. The first kappa shape index (κ1) is 23.2. The average molecular weight is 647 g/mol. The third-order valence-corrected chi connectivity index (χ3v) is 10.3. The molecule has 0 amide bonds. The predicted molar refractivity (Wildman–Crippen MR) is 207 cm³/mol. The van der Waals surface area contributed by atoms with E-state index in [-0.39, 0.29) is 23.5 Å². The number of nitrogens with zero attached hydrogens (tertiary/aromatic N) is 3. The largest absolute Gasteiger partial charge is 0.208 e. The Bertz CT molecular complexity index is 3120. The van der Waals surface area contributed by atoms with E-state index in [1.165, 1.54) is 32.3 Å². The molecule has 0 aliphatic carbocycles. The number of fused-ring (bicyclic) bond motifs is 9. The van der Waals surface area contributed by atoms with Crippen LogP contribution in [-0.4, -0.2) is 15.0 Å². The van der Waals surface area contributed by atoms with Gasteiger partial charge in [-0.2, -0.15) is 0 Å². The molecule has 0 N–H and O–H groups in total. The molecule has 0 unspecified atom stereocenters. The minimum absolute atomic E-state index is 0.0197. The summed E-state index contributed by atoms with van der Waals surface area (Å²) < 4.78 is 44.3. The summed E-state index contributed by atoms with van der Waals surface area (Å²) in [5.74, 6) is 0.720. The molecule has 8 aromatic carbocycles. The molecule has 0 aliphatic heterocycles. The number of thiophene rings is 1. The molecule has 0 saturated carbocycles. The summed E-state index contributed by atoms with van der Waals surface area (Å²) in [4.78, 5) is 14.4. The van der Waals surface area contributed by atoms with Gasteiger partial charge in [-0.15, -0.1) is 11.3 Å². The second-order valence-electron chi connectivity index (χ2n) is 12.0. The minimum Gasteiger partial charge on any atom is -0.208 e. The van der Waals surface area contributed by atoms with Gasteiger partial charge in [0, 0.05) is 36.9 Å². The van der Waals surface area contributed by atoms with Gasteiger partial charge in [-0.1, -0.05) is 145 Å². The predicted octanol–water partition coefficient (Wildman–Crippen LogP) is 12.4. The number of rotatable bonds is 4. The minimum atomic E-state index is -0.467. The van der Waals surface area contributed by atoms with Crippen LogP contribution >= 0.6 is 11.3 Å². The van der Waals surface area contributed by atoms with Crippen molar-refractivity contribution in [1.29, 1.82) is 0 Å². The molecule has 49 heavy (non-hydrogen) atoms. The van der Waals surface area contributed by atoms with Gasteiger partial charge < -0.3 is 0 Å². The lowest BCUT2D eigenvalue weighted by atomic mass is 9.92. The van der Waals surface area contributed by atoms with Crippen LogP contribution in [0.4, 0.5) is 0 Å². The first-order valence-electron chi connectivity index (χ1n) is 18.5. The molecule has 0 saturated heterocycles. The topological polar surface area (TPSA) is 38.7 Å². The zero-order valence-corrected chi connectivity index (χ0v) is 26.8. The molecule has 4 heteroatoms. The molecule has 0 atom stereocenters. The van der Waals surface area contributed by atoms with Crippen molar-refractivity contribution in [3.05, 3.63) is 164 Å². The number of hydrogen-bond acceptors (Lipinski definition) is 4. The van der Waals surface area contributed by atoms with Gasteiger partial charge in [-0.25, -0.2) is 15.0 Å². The molecular weight excluding hydrogens is 615 g/mol. The van der Waals surface area contributed by atoms with E-state index in [1.807, 2.05) is 42.5 Å². The van der Waals surface area contributed by atoms with Crippen molar-refractivity contribution in [2.45, 2.75) is 0 Å². The van der Waals surface area contributed by atoms with Crippen molar-refractivity contribution in [1.82, 2.24) is 15.0 Å². The summed E-state index contributed by atoms with van der Waals surface area (Å²) in [6.07, 6.45) is 0. The molecule has 3 nitrogen and oxygen atoms in total. The second kappa shape index (κ2) is 11.2. The fraction of sp³-hybridized carbons (Fsp3) is 0. The van der Waals surface area contributed by atoms with Crippen LogP contribution in [0.1, 0.15) is 6.85 Å². The van der Waals surface area contributed by atoms with Gasteiger partial charge in [0.25, 0.3) is 0 Å². The van der Waals surface area contributed by atoms with Gasteiger partial charge in [0.05, 0.1) is 6.85 Å². The van der Waals surface area contributed by atoms with Crippen molar-refractivity contribution >= 4 is 63.8 Å². The molecule has 10 rings (SSSR count). The molecule has 0 spiro atoms. The van der Waals surface area contributed by atoms with E-state index in [1.54, 1.807) is 11.3 Å².